The molecule has 0 fully saturated rings. The second-order valence-corrected chi connectivity index (χ2v) is 8.82. The fourth-order valence-electron chi connectivity index (χ4n) is 4.56. The standard InChI is InChI=1S/C27H16N4S/c1-2-8-17(9-3-1)21-15-28-16-29-26(21)31-22-12-6-4-11-19(22)25-23(31)14-20-18-10-5-7-13-24(18)32-27(20)30-25/h1-16H. The number of pyridine rings is 1. The highest BCUT2D eigenvalue weighted by molar-refractivity contribution is 7.25. The maximum Gasteiger partial charge on any atom is 0.148 e. The topological polar surface area (TPSA) is 43.6 Å². The van der Waals surface area contributed by atoms with Crippen LogP contribution in [-0.2, 0) is 0 Å². The number of para-hydroxylation sites is 1. The van der Waals surface area contributed by atoms with E-state index in [0.29, 0.717) is 0 Å². The van der Waals surface area contributed by atoms with Gasteiger partial charge in [0.05, 0.1) is 16.6 Å². The Morgan fingerprint density at radius 1 is 0.719 bits per heavy atom. The number of nitrogens with zero attached hydrogens (tertiary/aromatic N) is 4. The third-order valence-corrected chi connectivity index (χ3v) is 7.06. The zero-order chi connectivity index (χ0) is 21.1. The summed E-state index contributed by atoms with van der Waals surface area (Å²) >= 11 is 1.74. The quantitative estimate of drug-likeness (QED) is 0.298. The molecule has 0 N–H and O–H groups in total. The Morgan fingerprint density at radius 3 is 2.41 bits per heavy atom. The molecule has 0 atom stereocenters. The number of thiophene rings is 1. The minimum atomic E-state index is 0.859. The monoisotopic (exact) mass is 428 g/mol. The third-order valence-electron chi connectivity index (χ3n) is 5.98. The Balaban J connectivity index is 1.65. The summed E-state index contributed by atoms with van der Waals surface area (Å²) < 4.78 is 3.48. The summed E-state index contributed by atoms with van der Waals surface area (Å²) in [6.45, 7) is 0. The zero-order valence-corrected chi connectivity index (χ0v) is 17.8. The van der Waals surface area contributed by atoms with Gasteiger partial charge in [-0.25, -0.2) is 15.0 Å². The van der Waals surface area contributed by atoms with Gasteiger partial charge in [-0.2, -0.15) is 0 Å². The molecule has 0 aliphatic heterocycles. The molecule has 32 heavy (non-hydrogen) atoms. The van der Waals surface area contributed by atoms with Crippen molar-refractivity contribution in [3.63, 3.8) is 0 Å². The van der Waals surface area contributed by atoms with Crippen molar-refractivity contribution in [1.29, 1.82) is 0 Å². The summed E-state index contributed by atoms with van der Waals surface area (Å²) in [7, 11) is 0. The second-order valence-electron chi connectivity index (χ2n) is 7.79. The van der Waals surface area contributed by atoms with E-state index in [1.54, 1.807) is 17.7 Å². The Morgan fingerprint density at radius 2 is 1.50 bits per heavy atom. The molecular weight excluding hydrogens is 412 g/mol. The largest absolute Gasteiger partial charge is 0.292 e. The summed E-state index contributed by atoms with van der Waals surface area (Å²) in [5.74, 6) is 0.859. The van der Waals surface area contributed by atoms with Gasteiger partial charge in [-0.15, -0.1) is 11.3 Å². The van der Waals surface area contributed by atoms with Gasteiger partial charge in [-0.3, -0.25) is 4.57 Å². The fraction of sp³-hybridized carbons (Fsp3) is 0. The number of benzene rings is 3. The van der Waals surface area contributed by atoms with Gasteiger partial charge in [-0.05, 0) is 23.8 Å². The highest BCUT2D eigenvalue weighted by Crippen LogP contribution is 2.39. The maximum absolute atomic E-state index is 5.15. The maximum atomic E-state index is 5.15. The first-order chi connectivity index (χ1) is 15.9. The van der Waals surface area contributed by atoms with Crippen molar-refractivity contribution in [3.8, 4) is 16.9 Å². The van der Waals surface area contributed by atoms with E-state index >= 15 is 0 Å². The van der Waals surface area contributed by atoms with E-state index < -0.39 is 0 Å². The fourth-order valence-corrected chi connectivity index (χ4v) is 5.62. The average Bonchev–Trinajstić information content (AvgIpc) is 3.38. The van der Waals surface area contributed by atoms with Crippen LogP contribution in [0, 0.1) is 0 Å². The van der Waals surface area contributed by atoms with Crippen molar-refractivity contribution >= 4 is 53.6 Å². The minimum absolute atomic E-state index is 0.859. The molecule has 150 valence electrons. The van der Waals surface area contributed by atoms with Crippen molar-refractivity contribution in [2.24, 2.45) is 0 Å². The Hall–Kier alpha value is -4.09. The van der Waals surface area contributed by atoms with Gasteiger partial charge in [0.1, 0.15) is 17.0 Å². The van der Waals surface area contributed by atoms with Crippen LogP contribution in [0.2, 0.25) is 0 Å². The van der Waals surface area contributed by atoms with Crippen molar-refractivity contribution in [1.82, 2.24) is 19.5 Å². The van der Waals surface area contributed by atoms with Crippen LogP contribution < -0.4 is 0 Å². The van der Waals surface area contributed by atoms with Gasteiger partial charge in [0, 0.05) is 32.6 Å². The van der Waals surface area contributed by atoms with E-state index in [1.165, 1.54) is 15.5 Å². The Kier molecular flexibility index (Phi) is 3.68. The number of rotatable bonds is 2. The van der Waals surface area contributed by atoms with Gasteiger partial charge >= 0.3 is 0 Å². The van der Waals surface area contributed by atoms with E-state index in [9.17, 15) is 0 Å². The summed E-state index contributed by atoms with van der Waals surface area (Å²) in [5.41, 5.74) is 5.22. The molecular formula is C27H16N4S. The summed E-state index contributed by atoms with van der Waals surface area (Å²) in [6.07, 6.45) is 3.51. The average molecular weight is 429 g/mol. The van der Waals surface area contributed by atoms with Gasteiger partial charge in [-0.1, -0.05) is 66.7 Å². The predicted octanol–water partition coefficient (Wildman–Crippen LogP) is 7.00. The first-order valence-electron chi connectivity index (χ1n) is 10.5. The molecule has 0 radical (unpaired) electrons. The van der Waals surface area contributed by atoms with Crippen LogP contribution in [-0.4, -0.2) is 19.5 Å². The minimum Gasteiger partial charge on any atom is -0.292 e. The highest BCUT2D eigenvalue weighted by Gasteiger charge is 2.19. The van der Waals surface area contributed by atoms with E-state index in [4.69, 9.17) is 9.97 Å². The molecule has 0 bridgehead atoms. The molecule has 0 saturated carbocycles. The summed E-state index contributed by atoms with van der Waals surface area (Å²) in [6, 6.07) is 29.5. The van der Waals surface area contributed by atoms with Crippen molar-refractivity contribution in [2.75, 3.05) is 0 Å². The molecule has 0 unspecified atom stereocenters. The zero-order valence-electron chi connectivity index (χ0n) is 16.9. The number of fused-ring (bicyclic) bond motifs is 6. The molecule has 3 aromatic carbocycles. The molecule has 5 heteroatoms. The summed E-state index contributed by atoms with van der Waals surface area (Å²) in [4.78, 5) is 15.3. The van der Waals surface area contributed by atoms with Gasteiger partial charge in [0.15, 0.2) is 0 Å². The molecule has 0 amide bonds. The second kappa shape index (κ2) is 6.70. The van der Waals surface area contributed by atoms with Gasteiger partial charge in [0.25, 0.3) is 0 Å². The molecule has 4 aromatic heterocycles. The van der Waals surface area contributed by atoms with Crippen molar-refractivity contribution in [2.45, 2.75) is 0 Å². The first kappa shape index (κ1) is 17.6. The van der Waals surface area contributed by atoms with Crippen LogP contribution >= 0.6 is 11.3 Å². The van der Waals surface area contributed by atoms with E-state index in [0.717, 1.165) is 43.7 Å². The smallest absolute Gasteiger partial charge is 0.148 e. The lowest BCUT2D eigenvalue weighted by Gasteiger charge is -2.11. The molecule has 4 heterocycles. The van der Waals surface area contributed by atoms with Crippen LogP contribution in [0.4, 0.5) is 0 Å². The number of hydrogen-bond acceptors (Lipinski definition) is 4. The van der Waals surface area contributed by atoms with E-state index in [1.807, 2.05) is 24.4 Å². The normalized spacial score (nSPS) is 11.8. The first-order valence-corrected chi connectivity index (χ1v) is 11.3. The van der Waals surface area contributed by atoms with Crippen molar-refractivity contribution in [3.05, 3.63) is 97.5 Å². The van der Waals surface area contributed by atoms with Gasteiger partial charge < -0.3 is 0 Å². The highest BCUT2D eigenvalue weighted by atomic mass is 32.1. The Bertz CT molecular complexity index is 1780. The lowest BCUT2D eigenvalue weighted by molar-refractivity contribution is 1.04. The number of hydrogen-bond donors (Lipinski definition) is 0. The van der Waals surface area contributed by atoms with Crippen LogP contribution in [0.15, 0.2) is 97.5 Å². The van der Waals surface area contributed by atoms with E-state index in [-0.39, 0.29) is 0 Å². The predicted molar refractivity (Wildman–Crippen MR) is 132 cm³/mol. The molecule has 7 rings (SSSR count). The Labute approximate surface area is 187 Å². The molecule has 0 aliphatic carbocycles. The van der Waals surface area contributed by atoms with Crippen LogP contribution in [0.1, 0.15) is 0 Å². The molecule has 0 aliphatic rings. The molecule has 4 nitrogen and oxygen atoms in total. The third kappa shape index (κ3) is 2.46. The van der Waals surface area contributed by atoms with Crippen molar-refractivity contribution < 1.29 is 0 Å². The van der Waals surface area contributed by atoms with Crippen LogP contribution in [0.3, 0.4) is 0 Å². The van der Waals surface area contributed by atoms with Crippen LogP contribution in [0.25, 0.3) is 59.2 Å². The SMILES string of the molecule is c1ccc(-c2cncnc2-n2c3ccccc3c3nc4sc5ccccc5c4cc32)cc1. The molecule has 0 spiro atoms. The summed E-state index contributed by atoms with van der Waals surface area (Å²) in [5, 5.41) is 3.54. The molecule has 0 saturated heterocycles. The number of aromatic nitrogens is 4. The molecule has 7 aromatic rings. The van der Waals surface area contributed by atoms with Gasteiger partial charge in [0.2, 0.25) is 0 Å². The van der Waals surface area contributed by atoms with E-state index in [2.05, 4.69) is 76.3 Å². The lowest BCUT2D eigenvalue weighted by Crippen LogP contribution is -2.01. The van der Waals surface area contributed by atoms with Crippen LogP contribution in [0.5, 0.6) is 0 Å². The lowest BCUT2D eigenvalue weighted by atomic mass is 10.1.